The molecule has 1 aliphatic heterocycles. The number of benzene rings is 1. The van der Waals surface area contributed by atoms with E-state index in [4.69, 9.17) is 4.74 Å². The number of aliphatic hydroxyl groups is 1. The van der Waals surface area contributed by atoms with Gasteiger partial charge >= 0.3 is 5.97 Å². The van der Waals surface area contributed by atoms with Crippen molar-refractivity contribution >= 4 is 11.9 Å². The van der Waals surface area contributed by atoms with E-state index in [9.17, 15) is 14.7 Å². The standard InChI is InChI=1S/C19H28N2O5/c1-14(21-11-6-9-18(21)23)16-7-5-8-17(13-16)25-12-4-3-10-19(24)26-20-15(2)22/h5,7-8,13-14,18,23H,3-4,6,9-12H2,1-2H3,(H,20,22). The van der Waals surface area contributed by atoms with Crippen molar-refractivity contribution in [3.63, 3.8) is 0 Å². The van der Waals surface area contributed by atoms with Gasteiger partial charge in [0.1, 0.15) is 12.0 Å². The van der Waals surface area contributed by atoms with Crippen LogP contribution >= 0.6 is 0 Å². The lowest BCUT2D eigenvalue weighted by Crippen LogP contribution is -2.31. The average molecular weight is 364 g/mol. The summed E-state index contributed by atoms with van der Waals surface area (Å²) in [4.78, 5) is 28.6. The number of amides is 1. The molecule has 1 aromatic rings. The number of ether oxygens (including phenoxy) is 1. The number of hydrogen-bond donors (Lipinski definition) is 2. The molecule has 0 aliphatic carbocycles. The van der Waals surface area contributed by atoms with Gasteiger partial charge in [0.05, 0.1) is 6.61 Å². The van der Waals surface area contributed by atoms with Gasteiger partial charge in [0.2, 0.25) is 5.91 Å². The molecule has 1 fully saturated rings. The summed E-state index contributed by atoms with van der Waals surface area (Å²) >= 11 is 0. The zero-order valence-electron chi connectivity index (χ0n) is 15.4. The number of hydroxylamine groups is 1. The van der Waals surface area contributed by atoms with E-state index in [1.54, 1.807) is 0 Å². The molecule has 0 bridgehead atoms. The fourth-order valence-electron chi connectivity index (χ4n) is 3.02. The maximum Gasteiger partial charge on any atom is 0.332 e. The molecule has 2 atom stereocenters. The van der Waals surface area contributed by atoms with Crippen molar-refractivity contribution < 1.29 is 24.3 Å². The molecule has 2 rings (SSSR count). The largest absolute Gasteiger partial charge is 0.494 e. The molecular weight excluding hydrogens is 336 g/mol. The molecule has 1 amide bonds. The highest BCUT2D eigenvalue weighted by molar-refractivity contribution is 5.75. The number of unbranched alkanes of at least 4 members (excludes halogenated alkanes) is 1. The Labute approximate surface area is 154 Å². The fraction of sp³-hybridized carbons (Fsp3) is 0.579. The van der Waals surface area contributed by atoms with Crippen molar-refractivity contribution in [1.29, 1.82) is 0 Å². The topological polar surface area (TPSA) is 88.1 Å². The zero-order chi connectivity index (χ0) is 18.9. The van der Waals surface area contributed by atoms with Gasteiger partial charge in [-0.1, -0.05) is 12.1 Å². The summed E-state index contributed by atoms with van der Waals surface area (Å²) < 4.78 is 5.76. The Bertz CT molecular complexity index is 607. The second kappa shape index (κ2) is 10.1. The van der Waals surface area contributed by atoms with Crippen LogP contribution in [0, 0.1) is 0 Å². The van der Waals surface area contributed by atoms with Gasteiger partial charge in [0, 0.05) is 25.9 Å². The van der Waals surface area contributed by atoms with Crippen LogP contribution in [0.15, 0.2) is 24.3 Å². The Morgan fingerprint density at radius 2 is 2.19 bits per heavy atom. The highest BCUT2D eigenvalue weighted by Crippen LogP contribution is 2.29. The minimum atomic E-state index is -0.458. The van der Waals surface area contributed by atoms with Crippen molar-refractivity contribution in [2.24, 2.45) is 0 Å². The monoisotopic (exact) mass is 364 g/mol. The number of rotatable bonds is 8. The summed E-state index contributed by atoms with van der Waals surface area (Å²) in [6.45, 7) is 4.77. The molecule has 1 aliphatic rings. The van der Waals surface area contributed by atoms with Crippen molar-refractivity contribution in [2.75, 3.05) is 13.2 Å². The number of nitrogens with zero attached hydrogens (tertiary/aromatic N) is 1. The number of likely N-dealkylation sites (tertiary alicyclic amines) is 1. The maximum absolute atomic E-state index is 11.3. The quantitative estimate of drug-likeness (QED) is 0.544. The molecule has 1 saturated heterocycles. The Hall–Kier alpha value is -2.12. The van der Waals surface area contributed by atoms with E-state index < -0.39 is 11.9 Å². The van der Waals surface area contributed by atoms with Crippen LogP contribution < -0.4 is 10.2 Å². The lowest BCUT2D eigenvalue weighted by molar-refractivity contribution is -0.157. The van der Waals surface area contributed by atoms with Crippen LogP contribution in [0.2, 0.25) is 0 Å². The van der Waals surface area contributed by atoms with Gasteiger partial charge < -0.3 is 14.7 Å². The van der Waals surface area contributed by atoms with Gasteiger partial charge in [-0.2, -0.15) is 5.48 Å². The van der Waals surface area contributed by atoms with Crippen LogP contribution in [0.1, 0.15) is 57.6 Å². The van der Waals surface area contributed by atoms with Crippen LogP contribution in [0.3, 0.4) is 0 Å². The van der Waals surface area contributed by atoms with Crippen molar-refractivity contribution in [3.05, 3.63) is 29.8 Å². The van der Waals surface area contributed by atoms with Crippen molar-refractivity contribution in [3.8, 4) is 5.75 Å². The molecule has 1 heterocycles. The third-order valence-corrected chi connectivity index (χ3v) is 4.45. The number of aliphatic hydroxyl groups excluding tert-OH is 1. The van der Waals surface area contributed by atoms with Crippen molar-refractivity contribution in [1.82, 2.24) is 10.4 Å². The molecule has 0 saturated carbocycles. The van der Waals surface area contributed by atoms with E-state index in [0.717, 1.165) is 30.7 Å². The highest BCUT2D eigenvalue weighted by Gasteiger charge is 2.27. The molecule has 26 heavy (non-hydrogen) atoms. The molecule has 1 aromatic carbocycles. The van der Waals surface area contributed by atoms with Crippen molar-refractivity contribution in [2.45, 2.75) is 58.2 Å². The first-order chi connectivity index (χ1) is 12.5. The van der Waals surface area contributed by atoms with E-state index >= 15 is 0 Å². The predicted molar refractivity (Wildman–Crippen MR) is 96.1 cm³/mol. The average Bonchev–Trinajstić information content (AvgIpc) is 3.05. The Kier molecular flexibility index (Phi) is 7.87. The molecule has 7 nitrogen and oxygen atoms in total. The molecular formula is C19H28N2O5. The first-order valence-electron chi connectivity index (χ1n) is 9.10. The summed E-state index contributed by atoms with van der Waals surface area (Å²) in [5.74, 6) is -0.0821. The van der Waals surface area contributed by atoms with E-state index in [-0.39, 0.29) is 18.7 Å². The van der Waals surface area contributed by atoms with Crippen LogP contribution in [0.5, 0.6) is 5.75 Å². The molecule has 2 N–H and O–H groups in total. The van der Waals surface area contributed by atoms with Gasteiger partial charge in [-0.3, -0.25) is 9.69 Å². The minimum absolute atomic E-state index is 0.139. The van der Waals surface area contributed by atoms with E-state index in [0.29, 0.717) is 19.4 Å². The lowest BCUT2D eigenvalue weighted by Gasteiger charge is -2.28. The van der Waals surface area contributed by atoms with Gasteiger partial charge in [-0.05, 0) is 50.3 Å². The summed E-state index contributed by atoms with van der Waals surface area (Å²) in [6.07, 6.45) is 3.03. The first-order valence-corrected chi connectivity index (χ1v) is 9.10. The molecule has 0 aromatic heterocycles. The fourth-order valence-corrected chi connectivity index (χ4v) is 3.02. The van der Waals surface area contributed by atoms with Crippen LogP contribution in [0.4, 0.5) is 0 Å². The SMILES string of the molecule is CC(=O)NOC(=O)CCCCOc1cccc(C(C)N2CCCC2O)c1. The molecule has 2 unspecified atom stereocenters. The Morgan fingerprint density at radius 1 is 1.38 bits per heavy atom. The first kappa shape index (κ1) is 20.2. The van der Waals surface area contributed by atoms with Gasteiger partial charge in [0.15, 0.2) is 0 Å². The number of nitrogens with one attached hydrogen (secondary N) is 1. The Balaban J connectivity index is 1.71. The second-order valence-electron chi connectivity index (χ2n) is 6.55. The molecule has 7 heteroatoms. The number of hydrogen-bond acceptors (Lipinski definition) is 6. The smallest absolute Gasteiger partial charge is 0.332 e. The van der Waals surface area contributed by atoms with E-state index in [2.05, 4.69) is 16.7 Å². The predicted octanol–water partition coefficient (Wildman–Crippen LogP) is 2.31. The second-order valence-corrected chi connectivity index (χ2v) is 6.55. The Morgan fingerprint density at radius 3 is 2.88 bits per heavy atom. The normalized spacial score (nSPS) is 18.3. The van der Waals surface area contributed by atoms with Gasteiger partial charge in [-0.25, -0.2) is 4.79 Å². The van der Waals surface area contributed by atoms with Gasteiger partial charge in [0.25, 0.3) is 0 Å². The summed E-state index contributed by atoms with van der Waals surface area (Å²) in [5.41, 5.74) is 3.13. The maximum atomic E-state index is 11.3. The van der Waals surface area contributed by atoms with Crippen LogP contribution in [0.25, 0.3) is 0 Å². The van der Waals surface area contributed by atoms with E-state index in [1.165, 1.54) is 6.92 Å². The number of carbonyl (C=O) groups excluding carboxylic acids is 2. The summed E-state index contributed by atoms with van der Waals surface area (Å²) in [5, 5.41) is 10.0. The van der Waals surface area contributed by atoms with Crippen LogP contribution in [-0.4, -0.2) is 41.3 Å². The highest BCUT2D eigenvalue weighted by atomic mass is 16.7. The minimum Gasteiger partial charge on any atom is -0.494 e. The molecule has 144 valence electrons. The zero-order valence-corrected chi connectivity index (χ0v) is 15.4. The summed E-state index contributed by atoms with van der Waals surface area (Å²) in [6, 6.07) is 8.04. The van der Waals surface area contributed by atoms with Gasteiger partial charge in [-0.15, -0.1) is 0 Å². The lowest BCUT2D eigenvalue weighted by atomic mass is 10.1. The number of carbonyl (C=O) groups is 2. The molecule has 0 spiro atoms. The molecule has 0 radical (unpaired) electrons. The van der Waals surface area contributed by atoms with Crippen LogP contribution in [-0.2, 0) is 14.4 Å². The third-order valence-electron chi connectivity index (χ3n) is 4.45. The third kappa shape index (κ3) is 6.31. The summed E-state index contributed by atoms with van der Waals surface area (Å²) in [7, 11) is 0. The van der Waals surface area contributed by atoms with E-state index in [1.807, 2.05) is 29.7 Å².